The molecular weight excluding hydrogens is 122 g/mol. The molecule has 3 unspecified atom stereocenters. The molecule has 0 aromatic rings. The molecule has 1 heteroatoms. The molecule has 0 radical (unpaired) electrons. The molecule has 0 aromatic carbocycles. The minimum absolute atomic E-state index is 0.236. The van der Waals surface area contributed by atoms with Crippen molar-refractivity contribution in [2.75, 3.05) is 0 Å². The van der Waals surface area contributed by atoms with E-state index >= 15 is 0 Å². The lowest BCUT2D eigenvalue weighted by Gasteiger charge is -2.21. The Hall–Kier alpha value is -0.770. The molecule has 1 nitrogen and oxygen atoms in total. The van der Waals surface area contributed by atoms with Crippen LogP contribution in [-0.4, -0.2) is 0 Å². The minimum Gasteiger partial charge on any atom is -0.198 e. The second-order valence-corrected chi connectivity index (χ2v) is 3.75. The smallest absolute Gasteiger partial charge is 0.0665 e. The van der Waals surface area contributed by atoms with Gasteiger partial charge < -0.3 is 0 Å². The van der Waals surface area contributed by atoms with Crippen molar-refractivity contribution in [2.24, 2.45) is 17.3 Å². The lowest BCUT2D eigenvalue weighted by atomic mass is 9.81. The Kier molecular flexibility index (Phi) is 0.976. The van der Waals surface area contributed by atoms with Crippen molar-refractivity contribution in [2.45, 2.75) is 19.8 Å². The van der Waals surface area contributed by atoms with Gasteiger partial charge in [-0.3, -0.25) is 0 Å². The minimum atomic E-state index is 0.236. The summed E-state index contributed by atoms with van der Waals surface area (Å²) in [6.45, 7) is 2.20. The van der Waals surface area contributed by atoms with Crippen molar-refractivity contribution < 1.29 is 0 Å². The van der Waals surface area contributed by atoms with E-state index in [1.54, 1.807) is 0 Å². The molecule has 0 aliphatic heterocycles. The Bertz CT molecular complexity index is 223. The van der Waals surface area contributed by atoms with Gasteiger partial charge in [-0.1, -0.05) is 19.1 Å². The summed E-state index contributed by atoms with van der Waals surface area (Å²) in [4.78, 5) is 0. The first-order valence-electron chi connectivity index (χ1n) is 3.83. The first-order valence-corrected chi connectivity index (χ1v) is 3.83. The molecule has 2 bridgehead atoms. The maximum Gasteiger partial charge on any atom is 0.0665 e. The Labute approximate surface area is 61.4 Å². The fraction of sp³-hybridized carbons (Fsp3) is 0.667. The number of fused-ring (bicyclic) bond motifs is 2. The summed E-state index contributed by atoms with van der Waals surface area (Å²) in [6.07, 6.45) is 6.82. The highest BCUT2D eigenvalue weighted by Crippen LogP contribution is 2.52. The van der Waals surface area contributed by atoms with Gasteiger partial charge in [-0.25, -0.2) is 0 Å². The van der Waals surface area contributed by atoms with Gasteiger partial charge in [-0.2, -0.15) is 5.26 Å². The Morgan fingerprint density at radius 2 is 2.50 bits per heavy atom. The second kappa shape index (κ2) is 1.63. The van der Waals surface area contributed by atoms with Crippen LogP contribution in [0.4, 0.5) is 0 Å². The quantitative estimate of drug-likeness (QED) is 0.464. The van der Waals surface area contributed by atoms with E-state index in [4.69, 9.17) is 5.26 Å². The highest BCUT2D eigenvalue weighted by molar-refractivity contribution is 5.21. The molecule has 10 heavy (non-hydrogen) atoms. The summed E-state index contributed by atoms with van der Waals surface area (Å²) in [6, 6.07) is 2.38. The van der Waals surface area contributed by atoms with Crippen molar-refractivity contribution in [3.05, 3.63) is 12.2 Å². The third-order valence-electron chi connectivity index (χ3n) is 2.94. The van der Waals surface area contributed by atoms with Gasteiger partial charge in [0.15, 0.2) is 0 Å². The first-order chi connectivity index (χ1) is 4.74. The van der Waals surface area contributed by atoms with Crippen LogP contribution in [0.2, 0.25) is 0 Å². The van der Waals surface area contributed by atoms with Crippen LogP contribution in [0.5, 0.6) is 0 Å². The van der Waals surface area contributed by atoms with Crippen molar-refractivity contribution in [1.29, 1.82) is 5.26 Å². The van der Waals surface area contributed by atoms with Gasteiger partial charge in [0.1, 0.15) is 0 Å². The molecule has 0 spiro atoms. The van der Waals surface area contributed by atoms with Gasteiger partial charge in [-0.15, -0.1) is 0 Å². The van der Waals surface area contributed by atoms with E-state index in [-0.39, 0.29) is 5.41 Å². The van der Waals surface area contributed by atoms with Gasteiger partial charge in [0.25, 0.3) is 0 Å². The van der Waals surface area contributed by atoms with Crippen LogP contribution in [0.25, 0.3) is 0 Å². The van der Waals surface area contributed by atoms with Crippen LogP contribution < -0.4 is 0 Å². The van der Waals surface area contributed by atoms with Gasteiger partial charge in [0.05, 0.1) is 12.0 Å². The molecular formula is C9H11N. The van der Waals surface area contributed by atoms with E-state index in [0.717, 1.165) is 12.3 Å². The van der Waals surface area contributed by atoms with E-state index in [2.05, 4.69) is 25.1 Å². The van der Waals surface area contributed by atoms with Gasteiger partial charge in [0, 0.05) is 5.41 Å². The monoisotopic (exact) mass is 133 g/mol. The van der Waals surface area contributed by atoms with Crippen LogP contribution in [0.15, 0.2) is 12.2 Å². The fourth-order valence-corrected chi connectivity index (χ4v) is 2.25. The molecule has 52 valence electrons. The molecule has 0 heterocycles. The molecule has 0 N–H and O–H groups in total. The average molecular weight is 133 g/mol. The van der Waals surface area contributed by atoms with Crippen molar-refractivity contribution in [3.8, 4) is 6.07 Å². The number of nitrogens with zero attached hydrogens (tertiary/aromatic N) is 1. The van der Waals surface area contributed by atoms with Crippen LogP contribution in [-0.2, 0) is 0 Å². The Balaban J connectivity index is 2.33. The third kappa shape index (κ3) is 0.568. The summed E-state index contributed by atoms with van der Waals surface area (Å²) >= 11 is 0. The number of hydrogen-bond donors (Lipinski definition) is 0. The lowest BCUT2D eigenvalue weighted by molar-refractivity contribution is 0.377. The van der Waals surface area contributed by atoms with Gasteiger partial charge >= 0.3 is 0 Å². The predicted octanol–water partition coefficient (Wildman–Crippen LogP) is 2.11. The predicted molar refractivity (Wildman–Crippen MR) is 39.1 cm³/mol. The molecule has 1 saturated carbocycles. The molecule has 0 amide bonds. The van der Waals surface area contributed by atoms with Crippen LogP contribution in [0, 0.1) is 28.6 Å². The van der Waals surface area contributed by atoms with Gasteiger partial charge in [0.2, 0.25) is 0 Å². The van der Waals surface area contributed by atoms with Crippen molar-refractivity contribution in [3.63, 3.8) is 0 Å². The first kappa shape index (κ1) is 5.97. The Morgan fingerprint density at radius 3 is 2.80 bits per heavy atom. The fourth-order valence-electron chi connectivity index (χ4n) is 2.25. The number of rotatable bonds is 0. The average Bonchev–Trinajstić information content (AvgIpc) is 2.41. The highest BCUT2D eigenvalue weighted by atomic mass is 14.5. The summed E-state index contributed by atoms with van der Waals surface area (Å²) in [5, 5.41) is 8.77. The lowest BCUT2D eigenvalue weighted by Crippen LogP contribution is -2.16. The normalized spacial score (nSPS) is 49.6. The number of allylic oxidation sites excluding steroid dienone is 2. The van der Waals surface area contributed by atoms with E-state index < -0.39 is 0 Å². The zero-order chi connectivity index (χ0) is 7.19. The zero-order valence-electron chi connectivity index (χ0n) is 6.17. The maximum absolute atomic E-state index is 8.77. The summed E-state index contributed by atoms with van der Waals surface area (Å²) in [5.41, 5.74) is 0.236. The largest absolute Gasteiger partial charge is 0.198 e. The van der Waals surface area contributed by atoms with Crippen molar-refractivity contribution >= 4 is 0 Å². The number of hydrogen-bond acceptors (Lipinski definition) is 1. The van der Waals surface area contributed by atoms with Crippen LogP contribution >= 0.6 is 0 Å². The van der Waals surface area contributed by atoms with E-state index in [1.807, 2.05) is 0 Å². The number of nitriles is 1. The van der Waals surface area contributed by atoms with Crippen LogP contribution in [0.3, 0.4) is 0 Å². The SMILES string of the molecule is CC12C=CC(CC1C#N)C2. The summed E-state index contributed by atoms with van der Waals surface area (Å²) in [7, 11) is 0. The molecule has 3 atom stereocenters. The van der Waals surface area contributed by atoms with E-state index in [0.29, 0.717) is 5.92 Å². The zero-order valence-corrected chi connectivity index (χ0v) is 6.17. The highest BCUT2D eigenvalue weighted by Gasteiger charge is 2.45. The third-order valence-corrected chi connectivity index (χ3v) is 2.94. The second-order valence-electron chi connectivity index (χ2n) is 3.75. The van der Waals surface area contributed by atoms with Gasteiger partial charge in [-0.05, 0) is 18.8 Å². The van der Waals surface area contributed by atoms with Crippen LogP contribution in [0.1, 0.15) is 19.8 Å². The summed E-state index contributed by atoms with van der Waals surface area (Å²) in [5.74, 6) is 1.01. The molecule has 2 aliphatic carbocycles. The topological polar surface area (TPSA) is 23.8 Å². The molecule has 0 saturated heterocycles. The standard InChI is InChI=1S/C9H11N/c1-9-3-2-7(5-9)4-8(9)6-10/h2-3,7-8H,4-5H2,1H3. The van der Waals surface area contributed by atoms with Crippen molar-refractivity contribution in [1.82, 2.24) is 0 Å². The van der Waals surface area contributed by atoms with E-state index in [1.165, 1.54) is 6.42 Å². The molecule has 2 aliphatic rings. The molecule has 0 aromatic heterocycles. The molecule has 1 fully saturated rings. The molecule has 2 rings (SSSR count). The maximum atomic E-state index is 8.77. The Morgan fingerprint density at radius 1 is 1.70 bits per heavy atom. The van der Waals surface area contributed by atoms with E-state index in [9.17, 15) is 0 Å². The summed E-state index contributed by atoms with van der Waals surface area (Å²) < 4.78 is 0.